The molecule has 0 spiro atoms. The number of ether oxygens (including phenoxy) is 2. The van der Waals surface area contributed by atoms with Crippen LogP contribution in [-0.4, -0.2) is 28.9 Å². The van der Waals surface area contributed by atoms with Gasteiger partial charge in [-0.05, 0) is 54.8 Å². The lowest BCUT2D eigenvalue weighted by Crippen LogP contribution is -2.33. The minimum Gasteiger partial charge on any atom is -0.478 e. The Morgan fingerprint density at radius 1 is 1.19 bits per heavy atom. The van der Waals surface area contributed by atoms with Crippen LogP contribution in [0.4, 0.5) is 4.39 Å². The van der Waals surface area contributed by atoms with Gasteiger partial charge in [-0.3, -0.25) is 14.7 Å². The van der Waals surface area contributed by atoms with Gasteiger partial charge in [0.25, 0.3) is 0 Å². The van der Waals surface area contributed by atoms with Crippen molar-refractivity contribution in [2.24, 2.45) is 0 Å². The van der Waals surface area contributed by atoms with Crippen molar-refractivity contribution in [2.45, 2.75) is 19.9 Å². The van der Waals surface area contributed by atoms with Crippen LogP contribution < -0.4 is 9.47 Å². The van der Waals surface area contributed by atoms with Gasteiger partial charge in [-0.25, -0.2) is 4.39 Å². The molecule has 31 heavy (non-hydrogen) atoms. The van der Waals surface area contributed by atoms with Crippen LogP contribution in [0.25, 0.3) is 6.08 Å². The molecule has 0 N–H and O–H groups in total. The Labute approximate surface area is 179 Å². The van der Waals surface area contributed by atoms with E-state index in [9.17, 15) is 9.18 Å². The molecule has 156 valence electrons. The minimum absolute atomic E-state index is 0.135. The van der Waals surface area contributed by atoms with Crippen molar-refractivity contribution in [1.29, 1.82) is 0 Å². The molecule has 0 amide bonds. The molecule has 2 aliphatic heterocycles. The lowest BCUT2D eigenvalue weighted by molar-refractivity contribution is 0.0949. The van der Waals surface area contributed by atoms with E-state index in [2.05, 4.69) is 9.88 Å². The Hall–Kier alpha value is -3.51. The first-order chi connectivity index (χ1) is 15.1. The zero-order valence-electron chi connectivity index (χ0n) is 17.1. The summed E-state index contributed by atoms with van der Waals surface area (Å²) in [7, 11) is 0. The molecule has 0 saturated heterocycles. The first-order valence-corrected chi connectivity index (χ1v) is 10.2. The number of carbonyl (C=O) groups is 1. The highest BCUT2D eigenvalue weighted by atomic mass is 19.1. The van der Waals surface area contributed by atoms with E-state index in [1.54, 1.807) is 24.4 Å². The first-order valence-electron chi connectivity index (χ1n) is 10.2. The number of hydrogen-bond donors (Lipinski definition) is 0. The van der Waals surface area contributed by atoms with Crippen LogP contribution in [0.1, 0.15) is 32.7 Å². The van der Waals surface area contributed by atoms with Gasteiger partial charge in [-0.15, -0.1) is 0 Å². The van der Waals surface area contributed by atoms with Crippen molar-refractivity contribution < 1.29 is 18.7 Å². The predicted octanol–water partition coefficient (Wildman–Crippen LogP) is 4.54. The van der Waals surface area contributed by atoms with Gasteiger partial charge in [0.2, 0.25) is 5.78 Å². The van der Waals surface area contributed by atoms with Gasteiger partial charge in [-0.1, -0.05) is 18.2 Å². The number of halogens is 1. The van der Waals surface area contributed by atoms with Gasteiger partial charge in [0.05, 0.1) is 16.8 Å². The summed E-state index contributed by atoms with van der Waals surface area (Å²) in [6, 6.07) is 14.0. The van der Waals surface area contributed by atoms with E-state index in [-0.39, 0.29) is 17.4 Å². The van der Waals surface area contributed by atoms with Crippen LogP contribution in [0, 0.1) is 12.7 Å². The summed E-state index contributed by atoms with van der Waals surface area (Å²) in [5.41, 5.74) is 4.03. The number of nitrogens with zero attached hydrogens (tertiary/aromatic N) is 2. The monoisotopic (exact) mass is 416 g/mol. The van der Waals surface area contributed by atoms with E-state index < -0.39 is 0 Å². The Morgan fingerprint density at radius 2 is 2.03 bits per heavy atom. The van der Waals surface area contributed by atoms with E-state index >= 15 is 0 Å². The van der Waals surface area contributed by atoms with E-state index in [0.717, 1.165) is 35.4 Å². The Morgan fingerprint density at radius 3 is 2.81 bits per heavy atom. The van der Waals surface area contributed by atoms with Crippen molar-refractivity contribution in [3.8, 4) is 11.5 Å². The summed E-state index contributed by atoms with van der Waals surface area (Å²) in [6.45, 7) is 3.72. The van der Waals surface area contributed by atoms with Crippen LogP contribution in [0.2, 0.25) is 0 Å². The van der Waals surface area contributed by atoms with Gasteiger partial charge < -0.3 is 9.47 Å². The fourth-order valence-electron chi connectivity index (χ4n) is 3.95. The molecule has 0 fully saturated rings. The molecular weight excluding hydrogens is 395 g/mol. The van der Waals surface area contributed by atoms with E-state index in [1.807, 2.05) is 31.2 Å². The third kappa shape index (κ3) is 3.82. The van der Waals surface area contributed by atoms with Crippen molar-refractivity contribution >= 4 is 11.9 Å². The quantitative estimate of drug-likeness (QED) is 0.585. The second-order valence-electron chi connectivity index (χ2n) is 7.77. The number of hydrogen-bond acceptors (Lipinski definition) is 5. The summed E-state index contributed by atoms with van der Waals surface area (Å²) in [5, 5.41) is 0. The normalized spacial score (nSPS) is 16.6. The highest BCUT2D eigenvalue weighted by Crippen LogP contribution is 2.43. The molecule has 0 radical (unpaired) electrons. The number of aromatic nitrogens is 1. The molecule has 5 nitrogen and oxygen atoms in total. The maximum absolute atomic E-state index is 13.1. The summed E-state index contributed by atoms with van der Waals surface area (Å²) >= 11 is 0. The number of allylic oxidation sites excluding steroid dienone is 1. The number of fused-ring (bicyclic) bond motifs is 3. The molecule has 6 heteroatoms. The second-order valence-corrected chi connectivity index (χ2v) is 7.77. The van der Waals surface area contributed by atoms with E-state index in [1.165, 1.54) is 12.1 Å². The molecule has 1 aromatic heterocycles. The molecule has 0 atom stereocenters. The zero-order valence-corrected chi connectivity index (χ0v) is 17.1. The maximum Gasteiger partial charge on any atom is 0.232 e. The zero-order chi connectivity index (χ0) is 21.4. The summed E-state index contributed by atoms with van der Waals surface area (Å²) < 4.78 is 25.2. The third-order valence-corrected chi connectivity index (χ3v) is 5.58. The van der Waals surface area contributed by atoms with E-state index in [4.69, 9.17) is 9.47 Å². The number of carbonyl (C=O) groups excluding carboxylic acids is 1. The third-order valence-electron chi connectivity index (χ3n) is 5.58. The van der Waals surface area contributed by atoms with Crippen LogP contribution >= 0.6 is 0 Å². The summed E-state index contributed by atoms with van der Waals surface area (Å²) in [4.78, 5) is 19.4. The molecule has 0 bridgehead atoms. The number of Topliss-reactive ketones (excluding diaryl/α,β-unsaturated/α-hetero) is 1. The SMILES string of the molecule is Cc1cc2c(c3c1C(=O)/C(=C\c1ccccn1)O3)CN(CCc1ccc(F)cc1)CO2. The molecule has 0 unspecified atom stereocenters. The average molecular weight is 416 g/mol. The maximum atomic E-state index is 13.1. The van der Waals surface area contributed by atoms with Gasteiger partial charge in [-0.2, -0.15) is 0 Å². The molecule has 5 rings (SSSR count). The number of benzene rings is 2. The molecule has 3 aromatic rings. The lowest BCUT2D eigenvalue weighted by atomic mass is 9.98. The largest absolute Gasteiger partial charge is 0.478 e. The van der Waals surface area contributed by atoms with Crippen LogP contribution in [-0.2, 0) is 13.0 Å². The van der Waals surface area contributed by atoms with Crippen molar-refractivity contribution in [3.63, 3.8) is 0 Å². The standard InChI is InChI=1S/C25H21FN2O3/c1-16-12-21-20(14-28(15-30-21)11-9-17-5-7-18(26)8-6-17)25-23(16)24(29)22(31-25)13-19-4-2-3-10-27-19/h2-8,10,12-13H,9,11,14-15H2,1H3/b22-13+. The van der Waals surface area contributed by atoms with Gasteiger partial charge in [0.1, 0.15) is 24.0 Å². The van der Waals surface area contributed by atoms with Crippen LogP contribution in [0.15, 0.2) is 60.5 Å². The van der Waals surface area contributed by atoms with Crippen LogP contribution in [0.3, 0.4) is 0 Å². The van der Waals surface area contributed by atoms with Crippen molar-refractivity contribution in [3.05, 3.63) is 94.3 Å². The van der Waals surface area contributed by atoms with Crippen molar-refractivity contribution in [1.82, 2.24) is 9.88 Å². The smallest absolute Gasteiger partial charge is 0.232 e. The topological polar surface area (TPSA) is 51.7 Å². The predicted molar refractivity (Wildman–Crippen MR) is 114 cm³/mol. The first kappa shape index (κ1) is 19.5. The molecule has 2 aliphatic rings. The van der Waals surface area contributed by atoms with Gasteiger partial charge in [0, 0.05) is 25.4 Å². The van der Waals surface area contributed by atoms with Gasteiger partial charge in [0.15, 0.2) is 5.76 Å². The number of aryl methyl sites for hydroxylation is 1. The van der Waals surface area contributed by atoms with Gasteiger partial charge >= 0.3 is 0 Å². The highest BCUT2D eigenvalue weighted by Gasteiger charge is 2.35. The Balaban J connectivity index is 1.39. The fourth-order valence-corrected chi connectivity index (χ4v) is 3.95. The average Bonchev–Trinajstić information content (AvgIpc) is 3.11. The fraction of sp³-hybridized carbons (Fsp3) is 0.200. The highest BCUT2D eigenvalue weighted by molar-refractivity contribution is 6.15. The molecule has 0 saturated carbocycles. The van der Waals surface area contributed by atoms with Crippen molar-refractivity contribution in [2.75, 3.05) is 13.3 Å². The Bertz CT molecular complexity index is 1170. The molecule has 2 aromatic carbocycles. The number of pyridine rings is 1. The molecular formula is C25H21FN2O3. The molecule has 0 aliphatic carbocycles. The number of rotatable bonds is 4. The van der Waals surface area contributed by atoms with Crippen LogP contribution in [0.5, 0.6) is 11.5 Å². The summed E-state index contributed by atoms with van der Waals surface area (Å²) in [5.74, 6) is 1.23. The lowest BCUT2D eigenvalue weighted by Gasteiger charge is -2.30. The minimum atomic E-state index is -0.235. The molecule has 3 heterocycles. The summed E-state index contributed by atoms with van der Waals surface area (Å²) in [6.07, 6.45) is 4.13. The van der Waals surface area contributed by atoms with E-state index in [0.29, 0.717) is 30.3 Å². The second kappa shape index (κ2) is 7.96. The Kier molecular flexibility index (Phi) is 5.00. The number of ketones is 1.